The highest BCUT2D eigenvalue weighted by Crippen LogP contribution is 2.36. The summed E-state index contributed by atoms with van der Waals surface area (Å²) in [6.07, 6.45) is 6.66. The monoisotopic (exact) mass is 258 g/mol. The predicted octanol–water partition coefficient (Wildman–Crippen LogP) is 3.42. The minimum Gasteiger partial charge on any atom is -0.367 e. The van der Waals surface area contributed by atoms with Crippen molar-refractivity contribution in [2.24, 2.45) is 5.41 Å². The fourth-order valence-electron chi connectivity index (χ4n) is 2.91. The van der Waals surface area contributed by atoms with E-state index in [2.05, 4.69) is 48.3 Å². The zero-order valence-electron chi connectivity index (χ0n) is 12.0. The van der Waals surface area contributed by atoms with Crippen molar-refractivity contribution >= 4 is 11.5 Å². The van der Waals surface area contributed by atoms with E-state index in [0.717, 1.165) is 11.5 Å². The van der Waals surface area contributed by atoms with Crippen molar-refractivity contribution in [2.45, 2.75) is 52.5 Å². The zero-order chi connectivity index (χ0) is 13.5. The molecule has 1 aliphatic carbocycles. The summed E-state index contributed by atoms with van der Waals surface area (Å²) >= 11 is 0. The number of hydrogen-bond donors (Lipinski definition) is 1. The van der Waals surface area contributed by atoms with Gasteiger partial charge < -0.3 is 5.32 Å². The Balaban J connectivity index is 1.80. The number of nitrogens with one attached hydrogen (secondary N) is 1. The normalized spacial score (nSPS) is 19.7. The summed E-state index contributed by atoms with van der Waals surface area (Å²) in [5, 5.41) is 7.95. The van der Waals surface area contributed by atoms with Crippen LogP contribution in [-0.4, -0.2) is 20.6 Å². The Morgan fingerprint density at radius 3 is 2.74 bits per heavy atom. The van der Waals surface area contributed by atoms with Crippen LogP contribution in [0.4, 0.5) is 5.82 Å². The lowest BCUT2D eigenvalue weighted by atomic mass is 9.75. The number of rotatable bonds is 2. The number of fused-ring (bicyclic) bond motifs is 1. The van der Waals surface area contributed by atoms with Crippen molar-refractivity contribution in [3.63, 3.8) is 0 Å². The second-order valence-corrected chi connectivity index (χ2v) is 6.53. The van der Waals surface area contributed by atoms with Crippen LogP contribution in [0.15, 0.2) is 18.5 Å². The third-order valence-electron chi connectivity index (χ3n) is 4.21. The van der Waals surface area contributed by atoms with Gasteiger partial charge in [-0.2, -0.15) is 9.61 Å². The highest BCUT2D eigenvalue weighted by atomic mass is 15.3. The molecule has 4 heteroatoms. The van der Waals surface area contributed by atoms with E-state index in [-0.39, 0.29) is 0 Å². The number of nitrogens with zero attached hydrogens (tertiary/aromatic N) is 3. The lowest BCUT2D eigenvalue weighted by Gasteiger charge is -2.35. The van der Waals surface area contributed by atoms with Crippen LogP contribution >= 0.6 is 0 Å². The molecule has 0 unspecified atom stereocenters. The maximum absolute atomic E-state index is 4.30. The van der Waals surface area contributed by atoms with E-state index in [1.807, 2.05) is 4.52 Å². The first kappa shape index (κ1) is 12.5. The molecule has 4 nitrogen and oxygen atoms in total. The summed E-state index contributed by atoms with van der Waals surface area (Å²) in [5.74, 6) is 1.07. The lowest BCUT2D eigenvalue weighted by Crippen LogP contribution is -2.30. The Morgan fingerprint density at radius 1 is 1.26 bits per heavy atom. The number of pyridine rings is 1. The van der Waals surface area contributed by atoms with Crippen LogP contribution in [0.1, 0.15) is 45.1 Å². The summed E-state index contributed by atoms with van der Waals surface area (Å²) < 4.78 is 1.90. The van der Waals surface area contributed by atoms with Gasteiger partial charge in [0.2, 0.25) is 0 Å². The highest BCUT2D eigenvalue weighted by Gasteiger charge is 2.27. The number of hydrogen-bond acceptors (Lipinski definition) is 3. The fourth-order valence-corrected chi connectivity index (χ4v) is 2.91. The van der Waals surface area contributed by atoms with Crippen LogP contribution in [0.25, 0.3) is 5.65 Å². The molecule has 0 saturated heterocycles. The molecule has 2 aromatic rings. The molecule has 19 heavy (non-hydrogen) atoms. The molecule has 0 aromatic carbocycles. The molecular formula is C15H22N4. The molecule has 0 radical (unpaired) electrons. The van der Waals surface area contributed by atoms with Crippen LogP contribution in [-0.2, 0) is 0 Å². The Labute approximate surface area is 114 Å². The topological polar surface area (TPSA) is 42.2 Å². The van der Waals surface area contributed by atoms with Crippen molar-refractivity contribution in [1.29, 1.82) is 0 Å². The van der Waals surface area contributed by atoms with Crippen molar-refractivity contribution < 1.29 is 0 Å². The van der Waals surface area contributed by atoms with Crippen LogP contribution in [0, 0.1) is 12.3 Å². The largest absolute Gasteiger partial charge is 0.367 e. The molecule has 0 spiro atoms. The lowest BCUT2D eigenvalue weighted by molar-refractivity contribution is 0.232. The van der Waals surface area contributed by atoms with E-state index in [9.17, 15) is 0 Å². The van der Waals surface area contributed by atoms with Gasteiger partial charge in [-0.25, -0.2) is 4.98 Å². The molecule has 0 atom stereocenters. The Morgan fingerprint density at radius 2 is 2.00 bits per heavy atom. The molecular weight excluding hydrogens is 236 g/mol. The zero-order valence-corrected chi connectivity index (χ0v) is 12.0. The Hall–Kier alpha value is -1.58. The van der Waals surface area contributed by atoms with Crippen molar-refractivity contribution in [3.8, 4) is 0 Å². The fraction of sp³-hybridized carbons (Fsp3) is 0.600. The van der Waals surface area contributed by atoms with E-state index >= 15 is 0 Å². The molecule has 3 rings (SSSR count). The molecule has 0 bridgehead atoms. The quantitative estimate of drug-likeness (QED) is 0.897. The molecule has 102 valence electrons. The second-order valence-electron chi connectivity index (χ2n) is 6.53. The minimum absolute atomic E-state index is 0.507. The third-order valence-corrected chi connectivity index (χ3v) is 4.21. The van der Waals surface area contributed by atoms with Crippen molar-refractivity contribution in [3.05, 3.63) is 24.0 Å². The molecule has 2 aromatic heterocycles. The third kappa shape index (κ3) is 2.57. The molecule has 2 heterocycles. The number of aryl methyl sites for hydroxylation is 1. The van der Waals surface area contributed by atoms with E-state index in [1.54, 1.807) is 6.33 Å². The van der Waals surface area contributed by atoms with Gasteiger partial charge in [0.1, 0.15) is 12.1 Å². The van der Waals surface area contributed by atoms with Crippen LogP contribution in [0.5, 0.6) is 0 Å². The van der Waals surface area contributed by atoms with Crippen molar-refractivity contribution in [1.82, 2.24) is 14.6 Å². The SMILES string of the molecule is Cc1cc(NC2CCC(C)(C)CC2)n2ncnc2c1. The molecule has 1 saturated carbocycles. The molecule has 1 N–H and O–H groups in total. The Bertz CT molecular complexity index is 575. The van der Waals surface area contributed by atoms with Gasteiger partial charge >= 0.3 is 0 Å². The summed E-state index contributed by atoms with van der Waals surface area (Å²) in [6, 6.07) is 4.77. The van der Waals surface area contributed by atoms with E-state index in [0.29, 0.717) is 11.5 Å². The number of anilines is 1. The summed E-state index contributed by atoms with van der Waals surface area (Å²) in [7, 11) is 0. The van der Waals surface area contributed by atoms with Gasteiger partial charge in [0.15, 0.2) is 5.65 Å². The summed E-state index contributed by atoms with van der Waals surface area (Å²) in [4.78, 5) is 4.27. The highest BCUT2D eigenvalue weighted by molar-refractivity contribution is 5.51. The van der Waals surface area contributed by atoms with Gasteiger partial charge in [0.05, 0.1) is 0 Å². The Kier molecular flexibility index (Phi) is 2.96. The molecule has 0 aliphatic heterocycles. The average Bonchev–Trinajstić information content (AvgIpc) is 2.80. The predicted molar refractivity (Wildman–Crippen MR) is 77.4 cm³/mol. The van der Waals surface area contributed by atoms with Gasteiger partial charge in [-0.1, -0.05) is 13.8 Å². The summed E-state index contributed by atoms with van der Waals surface area (Å²) in [5.41, 5.74) is 2.64. The van der Waals surface area contributed by atoms with Crippen LogP contribution in [0.3, 0.4) is 0 Å². The molecule has 0 amide bonds. The van der Waals surface area contributed by atoms with Crippen molar-refractivity contribution in [2.75, 3.05) is 5.32 Å². The molecule has 1 aliphatic rings. The van der Waals surface area contributed by atoms with E-state index in [1.165, 1.54) is 31.2 Å². The van der Waals surface area contributed by atoms with E-state index in [4.69, 9.17) is 0 Å². The molecule has 1 fully saturated rings. The maximum Gasteiger partial charge on any atom is 0.157 e. The van der Waals surface area contributed by atoms with Gasteiger partial charge in [-0.05, 0) is 55.7 Å². The van der Waals surface area contributed by atoms with Crippen LogP contribution in [0.2, 0.25) is 0 Å². The average molecular weight is 258 g/mol. The van der Waals surface area contributed by atoms with Crippen LogP contribution < -0.4 is 5.32 Å². The van der Waals surface area contributed by atoms with Gasteiger partial charge in [0.25, 0.3) is 0 Å². The first-order valence-electron chi connectivity index (χ1n) is 7.10. The first-order chi connectivity index (χ1) is 9.03. The van der Waals surface area contributed by atoms with Gasteiger partial charge in [-0.15, -0.1) is 0 Å². The first-order valence-corrected chi connectivity index (χ1v) is 7.10. The standard InChI is InChI=1S/C15H22N4/c1-11-8-13-16-10-17-19(13)14(9-11)18-12-4-6-15(2,3)7-5-12/h8-10,12,18H,4-7H2,1-3H3. The number of aromatic nitrogens is 3. The minimum atomic E-state index is 0.507. The van der Waals surface area contributed by atoms with E-state index < -0.39 is 0 Å². The van der Waals surface area contributed by atoms with Gasteiger partial charge in [-0.3, -0.25) is 0 Å². The smallest absolute Gasteiger partial charge is 0.157 e. The summed E-state index contributed by atoms with van der Waals surface area (Å²) in [6.45, 7) is 6.83. The second kappa shape index (κ2) is 4.51. The maximum atomic E-state index is 4.30. The van der Waals surface area contributed by atoms with Gasteiger partial charge in [0, 0.05) is 6.04 Å².